The number of carbonyl (C=O) groups is 1. The van der Waals surface area contributed by atoms with Gasteiger partial charge in [-0.05, 0) is 67.6 Å². The standard InChI is InChI=1S/C23H24N2O5S/c1-3-29-20-13-9-18(10-14-20)24-23(26)17-25(31(2,27)28)19-11-15-22(16-12-19)30-21-7-5-4-6-8-21/h4-16H,3,17H2,1-2H3,(H,24,26). The molecule has 3 aromatic rings. The quantitative estimate of drug-likeness (QED) is 0.537. The van der Waals surface area contributed by atoms with Crippen LogP contribution < -0.4 is 19.1 Å². The average molecular weight is 441 g/mol. The summed E-state index contributed by atoms with van der Waals surface area (Å²) in [6, 6.07) is 22.6. The number of rotatable bonds is 9. The van der Waals surface area contributed by atoms with E-state index in [1.54, 1.807) is 48.5 Å². The number of para-hydroxylation sites is 1. The molecule has 3 rings (SSSR count). The van der Waals surface area contributed by atoms with Gasteiger partial charge in [0, 0.05) is 5.69 Å². The van der Waals surface area contributed by atoms with Crippen LogP contribution in [0.15, 0.2) is 78.9 Å². The van der Waals surface area contributed by atoms with Gasteiger partial charge in [0.05, 0.1) is 18.6 Å². The molecule has 0 spiro atoms. The Hall–Kier alpha value is -3.52. The van der Waals surface area contributed by atoms with Gasteiger partial charge in [-0.25, -0.2) is 8.42 Å². The Kier molecular flexibility index (Phi) is 7.15. The molecule has 162 valence electrons. The zero-order valence-electron chi connectivity index (χ0n) is 17.3. The van der Waals surface area contributed by atoms with Crippen molar-refractivity contribution in [3.63, 3.8) is 0 Å². The van der Waals surface area contributed by atoms with E-state index >= 15 is 0 Å². The third-order valence-corrected chi connectivity index (χ3v) is 5.38. The lowest BCUT2D eigenvalue weighted by molar-refractivity contribution is -0.114. The number of amides is 1. The van der Waals surface area contributed by atoms with Gasteiger partial charge in [0.25, 0.3) is 0 Å². The molecule has 0 saturated carbocycles. The molecular formula is C23H24N2O5S. The molecule has 1 N–H and O–H groups in total. The topological polar surface area (TPSA) is 84.9 Å². The number of sulfonamides is 1. The summed E-state index contributed by atoms with van der Waals surface area (Å²) in [5, 5.41) is 2.70. The third kappa shape index (κ3) is 6.48. The van der Waals surface area contributed by atoms with Gasteiger partial charge in [0.2, 0.25) is 15.9 Å². The van der Waals surface area contributed by atoms with Crippen LogP contribution in [0.3, 0.4) is 0 Å². The molecule has 31 heavy (non-hydrogen) atoms. The Labute approximate surface area is 182 Å². The molecule has 7 nitrogen and oxygen atoms in total. The van der Waals surface area contributed by atoms with Crippen molar-refractivity contribution in [2.24, 2.45) is 0 Å². The van der Waals surface area contributed by atoms with E-state index in [9.17, 15) is 13.2 Å². The first-order chi connectivity index (χ1) is 14.8. The Morgan fingerprint density at radius 1 is 0.871 bits per heavy atom. The van der Waals surface area contributed by atoms with Crippen molar-refractivity contribution in [2.75, 3.05) is 29.0 Å². The fraction of sp³-hybridized carbons (Fsp3) is 0.174. The van der Waals surface area contributed by atoms with Crippen LogP contribution in [-0.4, -0.2) is 33.7 Å². The summed E-state index contributed by atoms with van der Waals surface area (Å²) >= 11 is 0. The van der Waals surface area contributed by atoms with Gasteiger partial charge < -0.3 is 14.8 Å². The summed E-state index contributed by atoms with van der Waals surface area (Å²) in [6.07, 6.45) is 1.06. The van der Waals surface area contributed by atoms with Crippen LogP contribution in [0.4, 0.5) is 11.4 Å². The highest BCUT2D eigenvalue weighted by molar-refractivity contribution is 7.92. The van der Waals surface area contributed by atoms with E-state index in [0.717, 1.165) is 10.6 Å². The molecule has 1 amide bonds. The summed E-state index contributed by atoms with van der Waals surface area (Å²) in [5.74, 6) is 1.46. The highest BCUT2D eigenvalue weighted by Gasteiger charge is 2.21. The second-order valence-electron chi connectivity index (χ2n) is 6.68. The zero-order chi connectivity index (χ0) is 22.3. The second-order valence-corrected chi connectivity index (χ2v) is 8.59. The van der Waals surface area contributed by atoms with Crippen LogP contribution in [-0.2, 0) is 14.8 Å². The molecule has 0 fully saturated rings. The van der Waals surface area contributed by atoms with Crippen LogP contribution in [0.2, 0.25) is 0 Å². The van der Waals surface area contributed by atoms with Gasteiger partial charge in [0.1, 0.15) is 23.8 Å². The van der Waals surface area contributed by atoms with Gasteiger partial charge in [-0.15, -0.1) is 0 Å². The predicted octanol–water partition coefficient (Wildman–Crippen LogP) is 4.28. The minimum absolute atomic E-state index is 0.356. The Morgan fingerprint density at radius 3 is 2.03 bits per heavy atom. The number of carbonyl (C=O) groups excluding carboxylic acids is 1. The molecule has 3 aromatic carbocycles. The molecule has 0 bridgehead atoms. The molecule has 0 aromatic heterocycles. The molecule has 0 radical (unpaired) electrons. The monoisotopic (exact) mass is 440 g/mol. The fourth-order valence-electron chi connectivity index (χ4n) is 2.84. The molecule has 0 aliphatic carbocycles. The maximum Gasteiger partial charge on any atom is 0.245 e. The van der Waals surface area contributed by atoms with Crippen LogP contribution >= 0.6 is 0 Å². The summed E-state index contributed by atoms with van der Waals surface area (Å²) in [4.78, 5) is 12.5. The third-order valence-electron chi connectivity index (χ3n) is 4.24. The molecule has 0 atom stereocenters. The Bertz CT molecular complexity index is 1100. The van der Waals surface area contributed by atoms with Crippen molar-refractivity contribution in [3.05, 3.63) is 78.9 Å². The van der Waals surface area contributed by atoms with Crippen molar-refractivity contribution >= 4 is 27.3 Å². The largest absolute Gasteiger partial charge is 0.494 e. The lowest BCUT2D eigenvalue weighted by atomic mass is 10.3. The van der Waals surface area contributed by atoms with Gasteiger partial charge >= 0.3 is 0 Å². The number of hydrogen-bond donors (Lipinski definition) is 1. The van der Waals surface area contributed by atoms with Crippen LogP contribution in [0.25, 0.3) is 0 Å². The lowest BCUT2D eigenvalue weighted by Gasteiger charge is -2.22. The summed E-state index contributed by atoms with van der Waals surface area (Å²) in [5.41, 5.74) is 0.915. The predicted molar refractivity (Wildman–Crippen MR) is 121 cm³/mol. The summed E-state index contributed by atoms with van der Waals surface area (Å²) in [7, 11) is -3.68. The molecular weight excluding hydrogens is 416 g/mol. The van der Waals surface area contributed by atoms with E-state index < -0.39 is 15.9 Å². The van der Waals surface area contributed by atoms with E-state index in [1.807, 2.05) is 37.3 Å². The van der Waals surface area contributed by atoms with Crippen molar-refractivity contribution in [2.45, 2.75) is 6.92 Å². The molecule has 0 aliphatic heterocycles. The molecule has 0 aliphatic rings. The van der Waals surface area contributed by atoms with E-state index in [1.165, 1.54) is 0 Å². The number of benzene rings is 3. The van der Waals surface area contributed by atoms with Gasteiger partial charge in [-0.1, -0.05) is 18.2 Å². The zero-order valence-corrected chi connectivity index (χ0v) is 18.1. The molecule has 8 heteroatoms. The maximum atomic E-state index is 12.5. The van der Waals surface area contributed by atoms with E-state index in [-0.39, 0.29) is 6.54 Å². The van der Waals surface area contributed by atoms with Crippen molar-refractivity contribution < 1.29 is 22.7 Å². The number of ether oxygens (including phenoxy) is 2. The van der Waals surface area contributed by atoms with Crippen LogP contribution in [0.5, 0.6) is 17.2 Å². The smallest absolute Gasteiger partial charge is 0.245 e. The molecule has 0 saturated heterocycles. The normalized spacial score (nSPS) is 10.9. The minimum Gasteiger partial charge on any atom is -0.494 e. The van der Waals surface area contributed by atoms with Gasteiger partial charge in [0.15, 0.2) is 0 Å². The van der Waals surface area contributed by atoms with E-state index in [0.29, 0.717) is 35.2 Å². The highest BCUT2D eigenvalue weighted by Crippen LogP contribution is 2.25. The van der Waals surface area contributed by atoms with Crippen molar-refractivity contribution in [1.82, 2.24) is 0 Å². The van der Waals surface area contributed by atoms with Crippen LogP contribution in [0, 0.1) is 0 Å². The SMILES string of the molecule is CCOc1ccc(NC(=O)CN(c2ccc(Oc3ccccc3)cc2)S(C)(=O)=O)cc1. The first-order valence-corrected chi connectivity index (χ1v) is 11.5. The maximum absolute atomic E-state index is 12.5. The number of nitrogens with zero attached hydrogens (tertiary/aromatic N) is 1. The molecule has 0 unspecified atom stereocenters. The first-order valence-electron chi connectivity index (χ1n) is 9.68. The van der Waals surface area contributed by atoms with E-state index in [2.05, 4.69) is 5.32 Å². The second kappa shape index (κ2) is 9.99. The van der Waals surface area contributed by atoms with Crippen molar-refractivity contribution in [1.29, 1.82) is 0 Å². The number of nitrogens with one attached hydrogen (secondary N) is 1. The fourth-order valence-corrected chi connectivity index (χ4v) is 3.69. The highest BCUT2D eigenvalue weighted by atomic mass is 32.2. The van der Waals surface area contributed by atoms with Crippen molar-refractivity contribution in [3.8, 4) is 17.2 Å². The summed E-state index contributed by atoms with van der Waals surface area (Å²) < 4.78 is 36.8. The van der Waals surface area contributed by atoms with Gasteiger partial charge in [-0.3, -0.25) is 9.10 Å². The van der Waals surface area contributed by atoms with Gasteiger partial charge in [-0.2, -0.15) is 0 Å². The summed E-state index contributed by atoms with van der Waals surface area (Å²) in [6.45, 7) is 2.07. The minimum atomic E-state index is -3.68. The lowest BCUT2D eigenvalue weighted by Crippen LogP contribution is -2.37. The van der Waals surface area contributed by atoms with Crippen LogP contribution in [0.1, 0.15) is 6.92 Å². The Morgan fingerprint density at radius 2 is 1.45 bits per heavy atom. The average Bonchev–Trinajstić information content (AvgIpc) is 2.74. The Balaban J connectivity index is 1.69. The first kappa shape index (κ1) is 22.2. The number of hydrogen-bond acceptors (Lipinski definition) is 5. The number of anilines is 2. The molecule has 0 heterocycles. The van der Waals surface area contributed by atoms with E-state index in [4.69, 9.17) is 9.47 Å².